The lowest BCUT2D eigenvalue weighted by Crippen LogP contribution is -2.14. The van der Waals surface area contributed by atoms with Gasteiger partial charge in [0.15, 0.2) is 5.69 Å². The van der Waals surface area contributed by atoms with Gasteiger partial charge in [-0.2, -0.15) is 0 Å². The minimum absolute atomic E-state index is 0.308. The van der Waals surface area contributed by atoms with Crippen LogP contribution >= 0.6 is 0 Å². The number of ether oxygens (including phenoxy) is 1. The van der Waals surface area contributed by atoms with Crippen molar-refractivity contribution in [2.75, 3.05) is 7.11 Å². The van der Waals surface area contributed by atoms with Gasteiger partial charge in [-0.1, -0.05) is 32.4 Å². The van der Waals surface area contributed by atoms with Crippen LogP contribution in [0.4, 0.5) is 0 Å². The van der Waals surface area contributed by atoms with Gasteiger partial charge >= 0.3 is 5.97 Å². The molecule has 0 aliphatic rings. The van der Waals surface area contributed by atoms with Crippen molar-refractivity contribution >= 4 is 5.97 Å². The molecule has 0 fully saturated rings. The molecule has 1 heterocycles. The van der Waals surface area contributed by atoms with E-state index in [1.807, 2.05) is 4.68 Å². The van der Waals surface area contributed by atoms with Crippen molar-refractivity contribution in [1.29, 1.82) is 0 Å². The van der Waals surface area contributed by atoms with Crippen molar-refractivity contribution in [3.05, 3.63) is 11.4 Å². The number of carbonyl (C=O) groups is 1. The molecule has 0 aromatic carbocycles. The molecule has 0 aliphatic carbocycles. The Morgan fingerprint density at radius 1 is 1.35 bits per heavy atom. The summed E-state index contributed by atoms with van der Waals surface area (Å²) in [6.07, 6.45) is 3.72. The van der Waals surface area contributed by atoms with E-state index < -0.39 is 5.97 Å². The number of esters is 1. The fourth-order valence-electron chi connectivity index (χ4n) is 1.97. The molecule has 5 heteroatoms. The van der Waals surface area contributed by atoms with E-state index in [9.17, 15) is 4.79 Å². The highest BCUT2D eigenvalue weighted by Gasteiger charge is 2.22. The minimum Gasteiger partial charge on any atom is -0.464 e. The van der Waals surface area contributed by atoms with Crippen molar-refractivity contribution in [2.24, 2.45) is 0 Å². The first kappa shape index (κ1) is 13.7. The van der Waals surface area contributed by atoms with Crippen LogP contribution in [0.3, 0.4) is 0 Å². The normalized spacial score (nSPS) is 10.9. The molecule has 0 aliphatic heterocycles. The van der Waals surface area contributed by atoms with Gasteiger partial charge in [0.1, 0.15) is 0 Å². The highest BCUT2D eigenvalue weighted by molar-refractivity contribution is 5.88. The average molecular weight is 239 g/mol. The van der Waals surface area contributed by atoms with Crippen LogP contribution in [0.5, 0.6) is 0 Å². The molecule has 0 saturated carbocycles. The van der Waals surface area contributed by atoms with Crippen molar-refractivity contribution in [1.82, 2.24) is 15.0 Å². The summed E-state index contributed by atoms with van der Waals surface area (Å²) in [5.41, 5.74) is 1.26. The molecular formula is C12H21N3O2. The third-order valence-corrected chi connectivity index (χ3v) is 2.94. The summed E-state index contributed by atoms with van der Waals surface area (Å²) >= 11 is 0. The van der Waals surface area contributed by atoms with Crippen molar-refractivity contribution in [3.63, 3.8) is 0 Å². The number of methoxy groups -OCH3 is 1. The number of aromatic nitrogens is 3. The topological polar surface area (TPSA) is 57.0 Å². The molecule has 0 N–H and O–H groups in total. The smallest absolute Gasteiger partial charge is 0.360 e. The Labute approximate surface area is 102 Å². The first-order valence-corrected chi connectivity index (χ1v) is 6.21. The lowest BCUT2D eigenvalue weighted by molar-refractivity contribution is 0.0592. The molecule has 1 aromatic rings. The van der Waals surface area contributed by atoms with Crippen LogP contribution in [0, 0.1) is 0 Å². The van der Waals surface area contributed by atoms with Crippen LogP contribution in [0.2, 0.25) is 0 Å². The molecule has 5 nitrogen and oxygen atoms in total. The molecule has 0 bridgehead atoms. The second-order valence-corrected chi connectivity index (χ2v) is 4.04. The van der Waals surface area contributed by atoms with Crippen molar-refractivity contribution in [3.8, 4) is 0 Å². The number of hydrogen-bond donors (Lipinski definition) is 0. The summed E-state index contributed by atoms with van der Waals surface area (Å²) in [7, 11) is 1.37. The molecule has 0 amide bonds. The maximum absolute atomic E-state index is 11.6. The van der Waals surface area contributed by atoms with Crippen LogP contribution < -0.4 is 0 Å². The zero-order chi connectivity index (χ0) is 12.8. The summed E-state index contributed by atoms with van der Waals surface area (Å²) < 4.78 is 6.61. The predicted molar refractivity (Wildman–Crippen MR) is 65.0 cm³/mol. The maximum Gasteiger partial charge on any atom is 0.360 e. The van der Waals surface area contributed by atoms with E-state index in [2.05, 4.69) is 31.1 Å². The van der Waals surface area contributed by atoms with Gasteiger partial charge in [-0.05, 0) is 19.3 Å². The molecule has 1 rings (SSSR count). The third-order valence-electron chi connectivity index (χ3n) is 2.94. The van der Waals surface area contributed by atoms with Crippen LogP contribution in [0.25, 0.3) is 0 Å². The van der Waals surface area contributed by atoms with Crippen molar-refractivity contribution < 1.29 is 9.53 Å². The van der Waals surface area contributed by atoms with Gasteiger partial charge in [0.05, 0.1) is 18.8 Å². The van der Waals surface area contributed by atoms with Crippen LogP contribution in [0.15, 0.2) is 0 Å². The van der Waals surface area contributed by atoms with Gasteiger partial charge in [0.25, 0.3) is 0 Å². The van der Waals surface area contributed by atoms with Crippen molar-refractivity contribution in [2.45, 2.75) is 52.5 Å². The summed E-state index contributed by atoms with van der Waals surface area (Å²) in [6, 6.07) is 0.308. The molecule has 0 atom stereocenters. The predicted octanol–water partition coefficient (Wildman–Crippen LogP) is 2.38. The van der Waals surface area contributed by atoms with Gasteiger partial charge in [-0.3, -0.25) is 0 Å². The number of carbonyl (C=O) groups excluding carboxylic acids is 1. The molecular weight excluding hydrogens is 218 g/mol. The molecule has 0 saturated heterocycles. The third kappa shape index (κ3) is 2.84. The Hall–Kier alpha value is -1.39. The van der Waals surface area contributed by atoms with Gasteiger partial charge in [-0.25, -0.2) is 9.48 Å². The summed E-state index contributed by atoms with van der Waals surface area (Å²) in [5.74, 6) is -0.398. The Morgan fingerprint density at radius 2 is 2.00 bits per heavy atom. The van der Waals surface area contributed by atoms with E-state index in [-0.39, 0.29) is 0 Å². The van der Waals surface area contributed by atoms with E-state index in [0.717, 1.165) is 31.4 Å². The van der Waals surface area contributed by atoms with E-state index in [4.69, 9.17) is 4.74 Å². The zero-order valence-corrected chi connectivity index (χ0v) is 11.1. The molecule has 17 heavy (non-hydrogen) atoms. The lowest BCUT2D eigenvalue weighted by atomic mass is 10.1. The second kappa shape index (κ2) is 6.37. The van der Waals surface area contributed by atoms with E-state index in [0.29, 0.717) is 11.7 Å². The van der Waals surface area contributed by atoms with Gasteiger partial charge in [-0.15, -0.1) is 5.10 Å². The summed E-state index contributed by atoms with van der Waals surface area (Å²) in [5, 5.41) is 8.07. The van der Waals surface area contributed by atoms with Gasteiger partial charge < -0.3 is 4.74 Å². The van der Waals surface area contributed by atoms with E-state index in [1.54, 1.807) is 0 Å². The van der Waals surface area contributed by atoms with Gasteiger partial charge in [0, 0.05) is 0 Å². The molecule has 0 spiro atoms. The van der Waals surface area contributed by atoms with Crippen LogP contribution in [0.1, 0.15) is 62.3 Å². The Morgan fingerprint density at radius 3 is 2.47 bits per heavy atom. The van der Waals surface area contributed by atoms with E-state index in [1.165, 1.54) is 7.11 Å². The van der Waals surface area contributed by atoms with Gasteiger partial charge in [0.2, 0.25) is 0 Å². The summed E-state index contributed by atoms with van der Waals surface area (Å²) in [6.45, 7) is 6.30. The quantitative estimate of drug-likeness (QED) is 0.715. The van der Waals surface area contributed by atoms with Crippen LogP contribution in [-0.2, 0) is 11.2 Å². The molecule has 96 valence electrons. The van der Waals surface area contributed by atoms with Crippen LogP contribution in [-0.4, -0.2) is 28.1 Å². The zero-order valence-electron chi connectivity index (χ0n) is 11.1. The number of hydrogen-bond acceptors (Lipinski definition) is 4. The average Bonchev–Trinajstić information content (AvgIpc) is 2.75. The highest BCUT2D eigenvalue weighted by atomic mass is 16.5. The largest absolute Gasteiger partial charge is 0.464 e. The monoisotopic (exact) mass is 239 g/mol. The maximum atomic E-state index is 11.6. The number of nitrogens with zero attached hydrogens (tertiary/aromatic N) is 3. The minimum atomic E-state index is -0.398. The Balaban J connectivity index is 3.13. The number of rotatable bonds is 6. The fourth-order valence-corrected chi connectivity index (χ4v) is 1.97. The molecule has 0 radical (unpaired) electrons. The first-order valence-electron chi connectivity index (χ1n) is 6.21. The molecule has 1 aromatic heterocycles. The first-order chi connectivity index (χ1) is 8.19. The molecule has 0 unspecified atom stereocenters. The SMILES string of the molecule is CCCc1c(C(=O)OC)nnn1C(CC)CC. The fraction of sp³-hybridized carbons (Fsp3) is 0.750. The highest BCUT2D eigenvalue weighted by Crippen LogP contribution is 2.20. The van der Waals surface area contributed by atoms with E-state index >= 15 is 0 Å². The standard InChI is InChI=1S/C12H21N3O2/c1-5-8-10-11(12(16)17-4)13-14-15(10)9(6-2)7-3/h9H,5-8H2,1-4H3. The second-order valence-electron chi connectivity index (χ2n) is 4.04. The lowest BCUT2D eigenvalue weighted by Gasteiger charge is -2.15. The Kier molecular flexibility index (Phi) is 5.12. The Bertz CT molecular complexity index is 370. The summed E-state index contributed by atoms with van der Waals surface area (Å²) in [4.78, 5) is 11.6.